The van der Waals surface area contributed by atoms with Crippen molar-refractivity contribution in [1.29, 1.82) is 0 Å². The van der Waals surface area contributed by atoms with Crippen LogP contribution < -0.4 is 5.32 Å². The quantitative estimate of drug-likeness (QED) is 0.841. The molecule has 0 aromatic heterocycles. The van der Waals surface area contributed by atoms with Gasteiger partial charge in [0.15, 0.2) is 0 Å². The molecule has 3 fully saturated rings. The third kappa shape index (κ3) is 3.64. The van der Waals surface area contributed by atoms with Crippen LogP contribution >= 0.6 is 0 Å². The molecule has 2 saturated carbocycles. The Morgan fingerprint density at radius 2 is 1.57 bits per heavy atom. The van der Waals surface area contributed by atoms with Gasteiger partial charge in [0.1, 0.15) is 0 Å². The van der Waals surface area contributed by atoms with Crippen molar-refractivity contribution in [3.05, 3.63) is 0 Å². The summed E-state index contributed by atoms with van der Waals surface area (Å²) in [6.07, 6.45) is 11.6. The standard InChI is InChI=1S/C19H36N2/c1-4-15-8-10-18(11-9-15)20-19-16-6-5-7-17(19)13-21(12-16)14(2)3/h14-20H,4-13H2,1-3H3. The van der Waals surface area contributed by atoms with Crippen LogP contribution in [0.3, 0.4) is 0 Å². The summed E-state index contributed by atoms with van der Waals surface area (Å²) < 4.78 is 0. The summed E-state index contributed by atoms with van der Waals surface area (Å²) in [7, 11) is 0. The zero-order valence-corrected chi connectivity index (χ0v) is 14.5. The van der Waals surface area contributed by atoms with Gasteiger partial charge in [-0.3, -0.25) is 0 Å². The fourth-order valence-corrected chi connectivity index (χ4v) is 5.18. The van der Waals surface area contributed by atoms with Gasteiger partial charge in [0.2, 0.25) is 0 Å². The molecule has 2 nitrogen and oxygen atoms in total. The lowest BCUT2D eigenvalue weighted by Crippen LogP contribution is -2.60. The molecular formula is C19H36N2. The van der Waals surface area contributed by atoms with E-state index >= 15 is 0 Å². The van der Waals surface area contributed by atoms with Gasteiger partial charge in [-0.15, -0.1) is 0 Å². The lowest BCUT2D eigenvalue weighted by atomic mass is 9.72. The van der Waals surface area contributed by atoms with Crippen molar-refractivity contribution in [3.63, 3.8) is 0 Å². The van der Waals surface area contributed by atoms with Gasteiger partial charge >= 0.3 is 0 Å². The van der Waals surface area contributed by atoms with Crippen LogP contribution in [-0.4, -0.2) is 36.1 Å². The summed E-state index contributed by atoms with van der Waals surface area (Å²) >= 11 is 0. The molecule has 0 spiro atoms. The molecule has 0 aromatic carbocycles. The molecule has 0 radical (unpaired) electrons. The monoisotopic (exact) mass is 292 g/mol. The van der Waals surface area contributed by atoms with Gasteiger partial charge in [-0.25, -0.2) is 0 Å². The second-order valence-electron chi connectivity index (χ2n) is 8.32. The summed E-state index contributed by atoms with van der Waals surface area (Å²) in [5, 5.41) is 4.14. The summed E-state index contributed by atoms with van der Waals surface area (Å²) in [5.41, 5.74) is 0. The highest BCUT2D eigenvalue weighted by Gasteiger charge is 2.40. The van der Waals surface area contributed by atoms with Crippen molar-refractivity contribution in [2.75, 3.05) is 13.1 Å². The number of fused-ring (bicyclic) bond motifs is 2. The highest BCUT2D eigenvalue weighted by molar-refractivity contribution is 4.97. The van der Waals surface area contributed by atoms with E-state index in [9.17, 15) is 0 Å². The van der Waals surface area contributed by atoms with Crippen LogP contribution in [0.25, 0.3) is 0 Å². The van der Waals surface area contributed by atoms with Crippen LogP contribution in [0.5, 0.6) is 0 Å². The highest BCUT2D eigenvalue weighted by Crippen LogP contribution is 2.37. The molecule has 0 aromatic rings. The largest absolute Gasteiger partial charge is 0.311 e. The molecule has 0 amide bonds. The lowest BCUT2D eigenvalue weighted by molar-refractivity contribution is 0.0219. The molecular weight excluding hydrogens is 256 g/mol. The van der Waals surface area contributed by atoms with Crippen molar-refractivity contribution >= 4 is 0 Å². The lowest BCUT2D eigenvalue weighted by Gasteiger charge is -2.50. The SMILES string of the molecule is CCC1CCC(NC2C3CCCC2CN(C(C)C)C3)CC1. The first kappa shape index (κ1) is 15.8. The van der Waals surface area contributed by atoms with E-state index in [2.05, 4.69) is 31.0 Å². The number of likely N-dealkylation sites (tertiary alicyclic amines) is 1. The van der Waals surface area contributed by atoms with E-state index in [4.69, 9.17) is 0 Å². The van der Waals surface area contributed by atoms with Gasteiger partial charge < -0.3 is 10.2 Å². The topological polar surface area (TPSA) is 15.3 Å². The number of nitrogens with one attached hydrogen (secondary N) is 1. The van der Waals surface area contributed by atoms with E-state index in [1.807, 2.05) is 0 Å². The molecule has 1 aliphatic heterocycles. The van der Waals surface area contributed by atoms with Crippen molar-refractivity contribution in [2.45, 2.75) is 90.3 Å². The maximum absolute atomic E-state index is 4.14. The minimum Gasteiger partial charge on any atom is -0.311 e. The van der Waals surface area contributed by atoms with Crippen LogP contribution in [0.2, 0.25) is 0 Å². The minimum absolute atomic E-state index is 0.731. The second kappa shape index (κ2) is 7.00. The Bertz CT molecular complexity index is 306. The number of hydrogen-bond acceptors (Lipinski definition) is 2. The number of nitrogens with zero attached hydrogens (tertiary/aromatic N) is 1. The molecule has 3 rings (SSSR count). The first-order valence-electron chi connectivity index (χ1n) is 9.67. The zero-order valence-electron chi connectivity index (χ0n) is 14.5. The highest BCUT2D eigenvalue weighted by atomic mass is 15.2. The van der Waals surface area contributed by atoms with E-state index in [1.165, 1.54) is 64.5 Å². The Balaban J connectivity index is 1.56. The average Bonchev–Trinajstić information content (AvgIpc) is 2.47. The molecule has 1 N–H and O–H groups in total. The second-order valence-corrected chi connectivity index (χ2v) is 8.32. The molecule has 2 atom stereocenters. The molecule has 2 heteroatoms. The van der Waals surface area contributed by atoms with Crippen LogP contribution in [0, 0.1) is 17.8 Å². The number of rotatable bonds is 4. The maximum atomic E-state index is 4.14. The summed E-state index contributed by atoms with van der Waals surface area (Å²) in [4.78, 5) is 2.74. The Morgan fingerprint density at radius 1 is 0.952 bits per heavy atom. The summed E-state index contributed by atoms with van der Waals surface area (Å²) in [6, 6.07) is 2.39. The van der Waals surface area contributed by atoms with E-state index in [0.717, 1.165) is 35.9 Å². The van der Waals surface area contributed by atoms with Gasteiger partial charge in [0, 0.05) is 31.2 Å². The number of hydrogen-bond donors (Lipinski definition) is 1. The van der Waals surface area contributed by atoms with Gasteiger partial charge in [-0.05, 0) is 70.1 Å². The van der Waals surface area contributed by atoms with Gasteiger partial charge in [0.25, 0.3) is 0 Å². The molecule has 2 bridgehead atoms. The van der Waals surface area contributed by atoms with Crippen LogP contribution in [0.1, 0.15) is 72.1 Å². The van der Waals surface area contributed by atoms with E-state index < -0.39 is 0 Å². The predicted octanol–water partition coefficient (Wildman–Crippen LogP) is 4.05. The van der Waals surface area contributed by atoms with Gasteiger partial charge in [0.05, 0.1) is 0 Å². The number of piperidine rings is 1. The van der Waals surface area contributed by atoms with Crippen molar-refractivity contribution in [1.82, 2.24) is 10.2 Å². The maximum Gasteiger partial charge on any atom is 0.0151 e. The Morgan fingerprint density at radius 3 is 2.10 bits per heavy atom. The Labute approximate surface area is 132 Å². The van der Waals surface area contributed by atoms with Crippen molar-refractivity contribution in [3.8, 4) is 0 Å². The minimum atomic E-state index is 0.731. The predicted molar refractivity (Wildman–Crippen MR) is 90.5 cm³/mol. The van der Waals surface area contributed by atoms with E-state index in [0.29, 0.717) is 0 Å². The van der Waals surface area contributed by atoms with Crippen LogP contribution in [0.15, 0.2) is 0 Å². The first-order valence-corrected chi connectivity index (χ1v) is 9.67. The van der Waals surface area contributed by atoms with Gasteiger partial charge in [-0.2, -0.15) is 0 Å². The van der Waals surface area contributed by atoms with Crippen LogP contribution in [0.4, 0.5) is 0 Å². The van der Waals surface area contributed by atoms with E-state index in [-0.39, 0.29) is 0 Å². The molecule has 2 unspecified atom stereocenters. The first-order chi connectivity index (χ1) is 10.2. The zero-order chi connectivity index (χ0) is 14.8. The van der Waals surface area contributed by atoms with E-state index in [1.54, 1.807) is 0 Å². The molecule has 3 aliphatic rings. The Hall–Kier alpha value is -0.0800. The smallest absolute Gasteiger partial charge is 0.0151 e. The Kier molecular flexibility index (Phi) is 5.27. The summed E-state index contributed by atoms with van der Waals surface area (Å²) in [6.45, 7) is 9.79. The third-order valence-corrected chi connectivity index (χ3v) is 6.69. The third-order valence-electron chi connectivity index (χ3n) is 6.69. The van der Waals surface area contributed by atoms with Gasteiger partial charge in [-0.1, -0.05) is 19.8 Å². The molecule has 1 saturated heterocycles. The fraction of sp³-hybridized carbons (Fsp3) is 1.00. The molecule has 1 heterocycles. The van der Waals surface area contributed by atoms with Crippen molar-refractivity contribution in [2.24, 2.45) is 17.8 Å². The molecule has 21 heavy (non-hydrogen) atoms. The molecule has 122 valence electrons. The van der Waals surface area contributed by atoms with Crippen LogP contribution in [-0.2, 0) is 0 Å². The average molecular weight is 293 g/mol. The summed E-state index contributed by atoms with van der Waals surface area (Å²) in [5.74, 6) is 2.86. The molecule has 2 aliphatic carbocycles. The van der Waals surface area contributed by atoms with Crippen molar-refractivity contribution < 1.29 is 0 Å². The normalized spacial score (nSPS) is 41.4. The fourth-order valence-electron chi connectivity index (χ4n) is 5.18.